The van der Waals surface area contributed by atoms with Gasteiger partial charge < -0.3 is 10.1 Å². The van der Waals surface area contributed by atoms with Gasteiger partial charge in [-0.1, -0.05) is 33.6 Å². The van der Waals surface area contributed by atoms with E-state index in [1.165, 1.54) is 51.4 Å². The predicted molar refractivity (Wildman–Crippen MR) is 79.0 cm³/mol. The molecule has 0 radical (unpaired) electrons. The largest absolute Gasteiger partial charge is 0.378 e. The topological polar surface area (TPSA) is 21.3 Å². The van der Waals surface area contributed by atoms with Crippen molar-refractivity contribution in [2.75, 3.05) is 13.2 Å². The standard InChI is InChI=1S/C16H33NO/c1-4-12-17-16(14(5-2)6-3)11-10-15-9-7-8-13-18-15/h14-17H,4-13H2,1-3H3. The third kappa shape index (κ3) is 5.71. The van der Waals surface area contributed by atoms with Gasteiger partial charge in [0.1, 0.15) is 0 Å². The van der Waals surface area contributed by atoms with Gasteiger partial charge in [-0.25, -0.2) is 0 Å². The molecule has 2 nitrogen and oxygen atoms in total. The molecule has 0 amide bonds. The average molecular weight is 255 g/mol. The highest BCUT2D eigenvalue weighted by molar-refractivity contribution is 4.77. The summed E-state index contributed by atoms with van der Waals surface area (Å²) in [5.74, 6) is 0.833. The van der Waals surface area contributed by atoms with Crippen molar-refractivity contribution in [2.45, 2.75) is 84.3 Å². The lowest BCUT2D eigenvalue weighted by Crippen LogP contribution is -2.37. The average Bonchev–Trinajstić information content (AvgIpc) is 2.43. The SMILES string of the molecule is CCCNC(CCC1CCCCO1)C(CC)CC. The molecule has 0 aromatic carbocycles. The van der Waals surface area contributed by atoms with Crippen LogP contribution in [0.3, 0.4) is 0 Å². The van der Waals surface area contributed by atoms with Crippen LogP contribution in [0, 0.1) is 5.92 Å². The Morgan fingerprint density at radius 2 is 1.94 bits per heavy atom. The van der Waals surface area contributed by atoms with Crippen LogP contribution in [0.1, 0.15) is 72.1 Å². The van der Waals surface area contributed by atoms with E-state index in [9.17, 15) is 0 Å². The Morgan fingerprint density at radius 3 is 2.50 bits per heavy atom. The normalized spacial score (nSPS) is 22.3. The van der Waals surface area contributed by atoms with Crippen LogP contribution in [0.4, 0.5) is 0 Å². The van der Waals surface area contributed by atoms with Crippen molar-refractivity contribution in [3.05, 3.63) is 0 Å². The molecule has 0 aromatic heterocycles. The van der Waals surface area contributed by atoms with Crippen molar-refractivity contribution in [3.63, 3.8) is 0 Å². The maximum absolute atomic E-state index is 5.85. The lowest BCUT2D eigenvalue weighted by Gasteiger charge is -2.29. The second-order valence-corrected chi connectivity index (χ2v) is 5.70. The van der Waals surface area contributed by atoms with Gasteiger partial charge in [-0.15, -0.1) is 0 Å². The molecule has 0 aliphatic carbocycles. The van der Waals surface area contributed by atoms with E-state index >= 15 is 0 Å². The minimum Gasteiger partial charge on any atom is -0.378 e. The molecule has 1 N–H and O–H groups in total. The van der Waals surface area contributed by atoms with Crippen molar-refractivity contribution in [2.24, 2.45) is 5.92 Å². The Hall–Kier alpha value is -0.0800. The molecule has 2 unspecified atom stereocenters. The van der Waals surface area contributed by atoms with Crippen LogP contribution in [-0.4, -0.2) is 25.3 Å². The summed E-state index contributed by atoms with van der Waals surface area (Å²) in [4.78, 5) is 0. The van der Waals surface area contributed by atoms with Gasteiger partial charge in [0, 0.05) is 12.6 Å². The van der Waals surface area contributed by atoms with Crippen LogP contribution in [0.2, 0.25) is 0 Å². The van der Waals surface area contributed by atoms with Gasteiger partial charge in [0.25, 0.3) is 0 Å². The number of ether oxygens (including phenoxy) is 1. The second-order valence-electron chi connectivity index (χ2n) is 5.70. The van der Waals surface area contributed by atoms with Crippen LogP contribution in [0.25, 0.3) is 0 Å². The van der Waals surface area contributed by atoms with E-state index < -0.39 is 0 Å². The smallest absolute Gasteiger partial charge is 0.0575 e. The van der Waals surface area contributed by atoms with Crippen molar-refractivity contribution in [1.29, 1.82) is 0 Å². The number of hydrogen-bond acceptors (Lipinski definition) is 2. The summed E-state index contributed by atoms with van der Waals surface area (Å²) in [6, 6.07) is 0.700. The lowest BCUT2D eigenvalue weighted by molar-refractivity contribution is 0.00737. The van der Waals surface area contributed by atoms with Crippen molar-refractivity contribution >= 4 is 0 Å². The first-order chi connectivity index (χ1) is 8.81. The van der Waals surface area contributed by atoms with E-state index in [1.807, 2.05) is 0 Å². The monoisotopic (exact) mass is 255 g/mol. The molecule has 0 aromatic rings. The van der Waals surface area contributed by atoms with Gasteiger partial charge in [0.15, 0.2) is 0 Å². The molecule has 1 saturated heterocycles. The van der Waals surface area contributed by atoms with Gasteiger partial charge in [0.2, 0.25) is 0 Å². The number of nitrogens with one attached hydrogen (secondary N) is 1. The summed E-state index contributed by atoms with van der Waals surface area (Å²) in [5, 5.41) is 3.76. The minimum atomic E-state index is 0.541. The van der Waals surface area contributed by atoms with E-state index in [-0.39, 0.29) is 0 Å². The van der Waals surface area contributed by atoms with Gasteiger partial charge in [-0.2, -0.15) is 0 Å². The summed E-state index contributed by atoms with van der Waals surface area (Å²) >= 11 is 0. The van der Waals surface area contributed by atoms with Crippen molar-refractivity contribution in [1.82, 2.24) is 5.32 Å². The van der Waals surface area contributed by atoms with Gasteiger partial charge in [0.05, 0.1) is 6.10 Å². The van der Waals surface area contributed by atoms with Crippen molar-refractivity contribution < 1.29 is 4.74 Å². The molecule has 2 atom stereocenters. The quantitative estimate of drug-likeness (QED) is 0.668. The lowest BCUT2D eigenvalue weighted by atomic mass is 9.89. The molecular weight excluding hydrogens is 222 g/mol. The summed E-state index contributed by atoms with van der Waals surface area (Å²) in [5.41, 5.74) is 0. The summed E-state index contributed by atoms with van der Waals surface area (Å²) in [6.45, 7) is 9.05. The molecule has 18 heavy (non-hydrogen) atoms. The van der Waals surface area contributed by atoms with Crippen LogP contribution >= 0.6 is 0 Å². The summed E-state index contributed by atoms with van der Waals surface area (Å²) in [6.07, 6.45) is 10.8. The summed E-state index contributed by atoms with van der Waals surface area (Å²) in [7, 11) is 0. The highest BCUT2D eigenvalue weighted by atomic mass is 16.5. The zero-order chi connectivity index (χ0) is 13.2. The maximum Gasteiger partial charge on any atom is 0.0575 e. The van der Waals surface area contributed by atoms with Crippen LogP contribution in [0.5, 0.6) is 0 Å². The fourth-order valence-corrected chi connectivity index (χ4v) is 3.09. The fraction of sp³-hybridized carbons (Fsp3) is 1.00. The van der Waals surface area contributed by atoms with Crippen LogP contribution < -0.4 is 5.32 Å². The van der Waals surface area contributed by atoms with Gasteiger partial charge >= 0.3 is 0 Å². The molecule has 1 aliphatic rings. The van der Waals surface area contributed by atoms with E-state index in [2.05, 4.69) is 26.1 Å². The maximum atomic E-state index is 5.85. The molecule has 0 spiro atoms. The Morgan fingerprint density at radius 1 is 1.17 bits per heavy atom. The third-order valence-electron chi connectivity index (χ3n) is 4.35. The van der Waals surface area contributed by atoms with Gasteiger partial charge in [-0.3, -0.25) is 0 Å². The molecule has 2 heteroatoms. The first-order valence-corrected chi connectivity index (χ1v) is 8.16. The highest BCUT2D eigenvalue weighted by Gasteiger charge is 2.20. The minimum absolute atomic E-state index is 0.541. The molecule has 1 rings (SSSR count). The molecular formula is C16H33NO. The molecule has 0 saturated carbocycles. The predicted octanol–water partition coefficient (Wildman–Crippen LogP) is 4.14. The first-order valence-electron chi connectivity index (χ1n) is 8.16. The fourth-order valence-electron chi connectivity index (χ4n) is 3.09. The van der Waals surface area contributed by atoms with E-state index in [4.69, 9.17) is 4.74 Å². The molecule has 108 valence electrons. The number of hydrogen-bond donors (Lipinski definition) is 1. The Labute approximate surface area is 114 Å². The van der Waals surface area contributed by atoms with Crippen molar-refractivity contribution in [3.8, 4) is 0 Å². The first kappa shape index (κ1) is 16.0. The summed E-state index contributed by atoms with van der Waals surface area (Å²) < 4.78 is 5.85. The molecule has 0 bridgehead atoms. The third-order valence-corrected chi connectivity index (χ3v) is 4.35. The zero-order valence-corrected chi connectivity index (χ0v) is 12.7. The highest BCUT2D eigenvalue weighted by Crippen LogP contribution is 2.22. The number of rotatable bonds is 9. The van der Waals surface area contributed by atoms with Gasteiger partial charge in [-0.05, 0) is 51.0 Å². The van der Waals surface area contributed by atoms with E-state index in [1.54, 1.807) is 0 Å². The van der Waals surface area contributed by atoms with E-state index in [0.717, 1.165) is 19.1 Å². The van der Waals surface area contributed by atoms with E-state index in [0.29, 0.717) is 12.1 Å². The zero-order valence-electron chi connectivity index (χ0n) is 12.7. The van der Waals surface area contributed by atoms with Crippen LogP contribution in [0.15, 0.2) is 0 Å². The Balaban J connectivity index is 2.33. The molecule has 1 fully saturated rings. The second kappa shape index (κ2) is 9.80. The Bertz CT molecular complexity index is 186. The Kier molecular flexibility index (Phi) is 8.70. The molecule has 1 heterocycles. The van der Waals surface area contributed by atoms with Crippen LogP contribution in [-0.2, 0) is 4.74 Å². The molecule has 1 aliphatic heterocycles.